The van der Waals surface area contributed by atoms with Crippen molar-refractivity contribution in [3.63, 3.8) is 0 Å². The van der Waals surface area contributed by atoms with E-state index in [0.29, 0.717) is 19.3 Å². The third-order valence-corrected chi connectivity index (χ3v) is 11.2. The molecule has 0 spiro atoms. The normalized spacial score (nSPS) is 12.1. The standard InChI is InChI=1S/C52H96O6/c1-4-7-10-13-16-19-22-24-26-27-29-30-33-36-39-42-45-51(54)57-48-49(47-56-50(53)44-41-38-35-32-21-18-15-12-9-6-3)58-52(55)46-43-40-37-34-31-28-25-23-20-17-14-11-8-5-2/h19,22,26-27,49H,4-18,20-21,23-25,28-48H2,1-3H3/b22-19-,27-26-. The Hall–Kier alpha value is -2.11. The van der Waals surface area contributed by atoms with Crippen LogP contribution in [0.25, 0.3) is 0 Å². The molecule has 0 aromatic rings. The monoisotopic (exact) mass is 817 g/mol. The van der Waals surface area contributed by atoms with Gasteiger partial charge in [0.2, 0.25) is 0 Å². The fourth-order valence-electron chi connectivity index (χ4n) is 7.36. The summed E-state index contributed by atoms with van der Waals surface area (Å²) in [4.78, 5) is 37.9. The van der Waals surface area contributed by atoms with Crippen LogP contribution < -0.4 is 0 Å². The number of carbonyl (C=O) groups excluding carboxylic acids is 3. The predicted molar refractivity (Wildman–Crippen MR) is 247 cm³/mol. The number of carbonyl (C=O) groups is 3. The first-order valence-corrected chi connectivity index (χ1v) is 25.3. The molecule has 0 saturated carbocycles. The van der Waals surface area contributed by atoms with E-state index in [-0.39, 0.29) is 31.1 Å². The second-order valence-corrected chi connectivity index (χ2v) is 17.1. The highest BCUT2D eigenvalue weighted by molar-refractivity contribution is 5.71. The van der Waals surface area contributed by atoms with Crippen LogP contribution >= 0.6 is 0 Å². The van der Waals surface area contributed by atoms with Gasteiger partial charge in [0, 0.05) is 19.3 Å². The lowest BCUT2D eigenvalue weighted by atomic mass is 10.0. The minimum absolute atomic E-state index is 0.0713. The van der Waals surface area contributed by atoms with Crippen LogP contribution in [0.3, 0.4) is 0 Å². The maximum atomic E-state index is 12.8. The van der Waals surface area contributed by atoms with Gasteiger partial charge < -0.3 is 14.2 Å². The van der Waals surface area contributed by atoms with E-state index in [1.54, 1.807) is 0 Å². The number of hydrogen-bond donors (Lipinski definition) is 0. The molecule has 340 valence electrons. The molecular weight excluding hydrogens is 721 g/mol. The van der Waals surface area contributed by atoms with Crippen molar-refractivity contribution in [2.24, 2.45) is 0 Å². The van der Waals surface area contributed by atoms with E-state index < -0.39 is 6.10 Å². The lowest BCUT2D eigenvalue weighted by molar-refractivity contribution is -0.167. The van der Waals surface area contributed by atoms with Crippen molar-refractivity contribution < 1.29 is 28.6 Å². The van der Waals surface area contributed by atoms with E-state index in [2.05, 4.69) is 45.1 Å². The molecule has 0 aromatic heterocycles. The predicted octanol–water partition coefficient (Wildman–Crippen LogP) is 16.4. The Labute approximate surface area is 360 Å². The molecule has 0 aliphatic heterocycles. The summed E-state index contributed by atoms with van der Waals surface area (Å²) in [6.45, 7) is 6.62. The van der Waals surface area contributed by atoms with Crippen LogP contribution in [0.5, 0.6) is 0 Å². The minimum atomic E-state index is -0.769. The number of unbranched alkanes of at least 4 members (excludes halogenated alkanes) is 31. The molecule has 0 amide bonds. The molecule has 6 nitrogen and oxygen atoms in total. The Kier molecular flexibility index (Phi) is 45.8. The maximum Gasteiger partial charge on any atom is 0.306 e. The van der Waals surface area contributed by atoms with E-state index in [1.165, 1.54) is 154 Å². The van der Waals surface area contributed by atoms with Crippen molar-refractivity contribution in [2.45, 2.75) is 277 Å². The summed E-state index contributed by atoms with van der Waals surface area (Å²) in [5, 5.41) is 0. The average Bonchev–Trinajstić information content (AvgIpc) is 3.22. The molecule has 0 N–H and O–H groups in total. The number of rotatable bonds is 46. The summed E-state index contributed by atoms with van der Waals surface area (Å²) in [5.41, 5.74) is 0. The largest absolute Gasteiger partial charge is 0.462 e. The summed E-state index contributed by atoms with van der Waals surface area (Å²) in [6, 6.07) is 0. The molecule has 0 heterocycles. The summed E-state index contributed by atoms with van der Waals surface area (Å²) >= 11 is 0. The van der Waals surface area contributed by atoms with E-state index in [1.807, 2.05) is 0 Å². The van der Waals surface area contributed by atoms with Gasteiger partial charge in [-0.25, -0.2) is 0 Å². The van der Waals surface area contributed by atoms with Crippen LogP contribution in [-0.2, 0) is 28.6 Å². The van der Waals surface area contributed by atoms with Gasteiger partial charge in [-0.05, 0) is 51.4 Å². The quantitative estimate of drug-likeness (QED) is 0.0263. The Morgan fingerprint density at radius 1 is 0.345 bits per heavy atom. The van der Waals surface area contributed by atoms with Gasteiger partial charge in [-0.3, -0.25) is 14.4 Å². The molecule has 0 radical (unpaired) electrons. The van der Waals surface area contributed by atoms with Crippen LogP contribution in [0.1, 0.15) is 271 Å². The van der Waals surface area contributed by atoms with Gasteiger partial charge in [-0.15, -0.1) is 0 Å². The number of hydrogen-bond acceptors (Lipinski definition) is 6. The molecule has 1 unspecified atom stereocenters. The summed E-state index contributed by atoms with van der Waals surface area (Å²) in [7, 11) is 0. The van der Waals surface area contributed by atoms with Crippen LogP contribution in [0, 0.1) is 0 Å². The van der Waals surface area contributed by atoms with Crippen molar-refractivity contribution in [2.75, 3.05) is 13.2 Å². The highest BCUT2D eigenvalue weighted by Crippen LogP contribution is 2.16. The van der Waals surface area contributed by atoms with Gasteiger partial charge in [-0.2, -0.15) is 0 Å². The Morgan fingerprint density at radius 2 is 0.621 bits per heavy atom. The van der Waals surface area contributed by atoms with Gasteiger partial charge in [0.1, 0.15) is 13.2 Å². The molecular formula is C52H96O6. The van der Waals surface area contributed by atoms with Crippen LogP contribution in [0.2, 0.25) is 0 Å². The van der Waals surface area contributed by atoms with Crippen LogP contribution in [-0.4, -0.2) is 37.2 Å². The molecule has 0 aliphatic carbocycles. The Bertz CT molecular complexity index is 942. The molecule has 0 rings (SSSR count). The molecule has 6 heteroatoms. The molecule has 0 aromatic carbocycles. The van der Waals surface area contributed by atoms with Crippen molar-refractivity contribution in [3.8, 4) is 0 Å². The Morgan fingerprint density at radius 3 is 0.966 bits per heavy atom. The fraction of sp³-hybridized carbons (Fsp3) is 0.865. The second kappa shape index (κ2) is 47.6. The van der Waals surface area contributed by atoms with E-state index in [4.69, 9.17) is 14.2 Å². The van der Waals surface area contributed by atoms with Gasteiger partial charge in [-0.1, -0.05) is 225 Å². The first-order valence-electron chi connectivity index (χ1n) is 25.3. The third-order valence-electron chi connectivity index (χ3n) is 11.2. The zero-order valence-corrected chi connectivity index (χ0v) is 38.8. The number of allylic oxidation sites excluding steroid dienone is 4. The van der Waals surface area contributed by atoms with Crippen LogP contribution in [0.4, 0.5) is 0 Å². The summed E-state index contributed by atoms with van der Waals surface area (Å²) in [5.74, 6) is -0.875. The summed E-state index contributed by atoms with van der Waals surface area (Å²) in [6.07, 6.45) is 53.0. The maximum absolute atomic E-state index is 12.8. The first-order chi connectivity index (χ1) is 28.5. The molecule has 0 aliphatic rings. The zero-order chi connectivity index (χ0) is 42.3. The van der Waals surface area contributed by atoms with Gasteiger partial charge in [0.25, 0.3) is 0 Å². The molecule has 0 bridgehead atoms. The Balaban J connectivity index is 4.34. The lowest BCUT2D eigenvalue weighted by Gasteiger charge is -2.18. The van der Waals surface area contributed by atoms with Gasteiger partial charge in [0.15, 0.2) is 6.10 Å². The number of ether oxygens (including phenoxy) is 3. The molecule has 58 heavy (non-hydrogen) atoms. The lowest BCUT2D eigenvalue weighted by Crippen LogP contribution is -2.30. The first kappa shape index (κ1) is 55.9. The topological polar surface area (TPSA) is 78.9 Å². The number of esters is 3. The smallest absolute Gasteiger partial charge is 0.306 e. The van der Waals surface area contributed by atoms with Gasteiger partial charge in [0.05, 0.1) is 0 Å². The fourth-order valence-corrected chi connectivity index (χ4v) is 7.36. The minimum Gasteiger partial charge on any atom is -0.462 e. The molecule has 0 fully saturated rings. The third kappa shape index (κ3) is 45.0. The highest BCUT2D eigenvalue weighted by atomic mass is 16.6. The molecule has 0 saturated heterocycles. The van der Waals surface area contributed by atoms with Crippen molar-refractivity contribution in [1.82, 2.24) is 0 Å². The SMILES string of the molecule is CCCCCC/C=C\C/C=C\CCCCCCCC(=O)OCC(COC(=O)CCCCCCCCCCCC)OC(=O)CCCCCCCCCCCCCCCC. The molecule has 1 atom stereocenters. The van der Waals surface area contributed by atoms with Crippen LogP contribution in [0.15, 0.2) is 24.3 Å². The van der Waals surface area contributed by atoms with Crippen molar-refractivity contribution in [1.29, 1.82) is 0 Å². The average molecular weight is 817 g/mol. The van der Waals surface area contributed by atoms with E-state index >= 15 is 0 Å². The van der Waals surface area contributed by atoms with Crippen molar-refractivity contribution >= 4 is 17.9 Å². The highest BCUT2D eigenvalue weighted by Gasteiger charge is 2.19. The van der Waals surface area contributed by atoms with Crippen molar-refractivity contribution in [3.05, 3.63) is 24.3 Å². The summed E-state index contributed by atoms with van der Waals surface area (Å²) < 4.78 is 16.8. The van der Waals surface area contributed by atoms with E-state index in [9.17, 15) is 14.4 Å². The van der Waals surface area contributed by atoms with Gasteiger partial charge >= 0.3 is 17.9 Å². The van der Waals surface area contributed by atoms with E-state index in [0.717, 1.165) is 77.0 Å². The zero-order valence-electron chi connectivity index (χ0n) is 38.8. The second-order valence-electron chi connectivity index (χ2n) is 17.1.